The molecule has 1 heterocycles. The summed E-state index contributed by atoms with van der Waals surface area (Å²) in [6, 6.07) is 8.81. The Kier molecular flexibility index (Phi) is 7.14. The Balaban J connectivity index is 0.00000264. The van der Waals surface area contributed by atoms with E-state index in [1.54, 1.807) is 6.20 Å². The Morgan fingerprint density at radius 3 is 2.61 bits per heavy atom. The first kappa shape index (κ1) is 19.6. The van der Waals surface area contributed by atoms with Crippen LogP contribution in [0.15, 0.2) is 36.5 Å². The molecule has 1 amide bonds. The molecule has 0 saturated heterocycles. The van der Waals surface area contributed by atoms with Gasteiger partial charge in [-0.05, 0) is 12.0 Å². The van der Waals surface area contributed by atoms with Crippen LogP contribution in [-0.4, -0.2) is 37.4 Å². The van der Waals surface area contributed by atoms with Crippen molar-refractivity contribution in [1.29, 1.82) is 0 Å². The van der Waals surface area contributed by atoms with Crippen molar-refractivity contribution in [3.05, 3.63) is 36.5 Å². The van der Waals surface area contributed by atoms with Crippen molar-refractivity contribution in [2.24, 2.45) is 5.73 Å². The van der Waals surface area contributed by atoms with Crippen molar-refractivity contribution in [2.75, 3.05) is 17.3 Å². The second kappa shape index (κ2) is 8.39. The number of nitrogens with one attached hydrogen (secondary N) is 1. The second-order valence-electron chi connectivity index (χ2n) is 4.91. The Morgan fingerprint density at radius 1 is 1.35 bits per heavy atom. The number of sulfone groups is 1. The first-order chi connectivity index (χ1) is 10.3. The fourth-order valence-electron chi connectivity index (χ4n) is 1.74. The largest absolute Gasteiger partial charge is 0.320 e. The Hall–Kier alpha value is -1.48. The maximum Gasteiger partial charge on any atom is 0.243 e. The number of nitrogens with zero attached hydrogens (tertiary/aromatic N) is 1. The number of aromatic nitrogens is 1. The van der Waals surface area contributed by atoms with E-state index in [-0.39, 0.29) is 24.6 Å². The molecule has 3 N–H and O–H groups in total. The fraction of sp³-hybridized carbons (Fsp3) is 0.286. The number of hydrogen-bond acceptors (Lipinski definition) is 6. The highest BCUT2D eigenvalue weighted by atomic mass is 35.5. The van der Waals surface area contributed by atoms with Gasteiger partial charge in [-0.15, -0.1) is 12.4 Å². The van der Waals surface area contributed by atoms with E-state index in [0.29, 0.717) is 5.13 Å². The summed E-state index contributed by atoms with van der Waals surface area (Å²) in [6.07, 6.45) is 2.88. The lowest BCUT2D eigenvalue weighted by Crippen LogP contribution is -2.37. The van der Waals surface area contributed by atoms with Gasteiger partial charge in [0.05, 0.1) is 16.7 Å². The summed E-state index contributed by atoms with van der Waals surface area (Å²) in [6.45, 7) is 0. The smallest absolute Gasteiger partial charge is 0.243 e. The van der Waals surface area contributed by atoms with Crippen LogP contribution in [0.1, 0.15) is 6.42 Å². The molecule has 0 radical (unpaired) electrons. The Morgan fingerprint density at radius 2 is 2.00 bits per heavy atom. The number of carbonyl (C=O) groups excluding carboxylic acids is 1. The average Bonchev–Trinajstić information content (AvgIpc) is 2.93. The zero-order valence-electron chi connectivity index (χ0n) is 12.4. The number of amides is 1. The van der Waals surface area contributed by atoms with Crippen LogP contribution < -0.4 is 11.1 Å². The third kappa shape index (κ3) is 6.26. The van der Waals surface area contributed by atoms with Crippen LogP contribution in [0, 0.1) is 0 Å². The van der Waals surface area contributed by atoms with Crippen molar-refractivity contribution in [1.82, 2.24) is 4.98 Å². The van der Waals surface area contributed by atoms with Gasteiger partial charge in [-0.25, -0.2) is 13.4 Å². The molecule has 6 nitrogen and oxygen atoms in total. The number of anilines is 1. The number of rotatable bonds is 6. The van der Waals surface area contributed by atoms with E-state index < -0.39 is 21.8 Å². The maximum atomic E-state index is 11.9. The van der Waals surface area contributed by atoms with Crippen LogP contribution in [0.25, 0.3) is 10.4 Å². The third-order valence-corrected chi connectivity index (χ3v) is 4.87. The fourth-order valence-corrected chi connectivity index (χ4v) is 3.24. The van der Waals surface area contributed by atoms with E-state index >= 15 is 0 Å². The minimum absolute atomic E-state index is 0. The molecule has 0 aliphatic rings. The summed E-state index contributed by atoms with van der Waals surface area (Å²) in [5.74, 6) is -0.549. The Bertz CT molecular complexity index is 748. The van der Waals surface area contributed by atoms with Crippen LogP contribution >= 0.6 is 23.7 Å². The molecule has 0 fully saturated rings. The predicted octanol–water partition coefficient (Wildman–Crippen LogP) is 1.93. The normalized spacial score (nSPS) is 12.3. The van der Waals surface area contributed by atoms with E-state index in [0.717, 1.165) is 16.7 Å². The summed E-state index contributed by atoms with van der Waals surface area (Å²) in [5, 5.41) is 3.06. The van der Waals surface area contributed by atoms with Crippen molar-refractivity contribution in [3.63, 3.8) is 0 Å². The first-order valence-electron chi connectivity index (χ1n) is 6.60. The van der Waals surface area contributed by atoms with E-state index in [9.17, 15) is 13.2 Å². The molecule has 126 valence electrons. The molecule has 0 aliphatic heterocycles. The first-order valence-corrected chi connectivity index (χ1v) is 9.48. The van der Waals surface area contributed by atoms with E-state index in [4.69, 9.17) is 5.73 Å². The van der Waals surface area contributed by atoms with Crippen LogP contribution in [0.4, 0.5) is 5.13 Å². The minimum atomic E-state index is -3.13. The lowest BCUT2D eigenvalue weighted by molar-refractivity contribution is -0.117. The van der Waals surface area contributed by atoms with Gasteiger partial charge in [0.2, 0.25) is 5.91 Å². The molecule has 2 rings (SSSR count). The molecule has 1 atom stereocenters. The van der Waals surface area contributed by atoms with Gasteiger partial charge in [0, 0.05) is 12.5 Å². The van der Waals surface area contributed by atoms with Crippen molar-refractivity contribution >= 4 is 44.6 Å². The molecular formula is C14H18ClN3O3S2. The molecule has 0 spiro atoms. The summed E-state index contributed by atoms with van der Waals surface area (Å²) in [4.78, 5) is 17.0. The van der Waals surface area contributed by atoms with Gasteiger partial charge in [0.15, 0.2) is 5.13 Å². The third-order valence-electron chi connectivity index (χ3n) is 2.93. The highest BCUT2D eigenvalue weighted by molar-refractivity contribution is 7.90. The molecule has 0 bridgehead atoms. The van der Waals surface area contributed by atoms with Crippen LogP contribution in [0.5, 0.6) is 0 Å². The zero-order valence-corrected chi connectivity index (χ0v) is 14.9. The number of hydrogen-bond donors (Lipinski definition) is 2. The lowest BCUT2D eigenvalue weighted by Gasteiger charge is -2.09. The molecular weight excluding hydrogens is 358 g/mol. The van der Waals surface area contributed by atoms with Crippen LogP contribution in [-0.2, 0) is 14.6 Å². The van der Waals surface area contributed by atoms with Gasteiger partial charge in [0.25, 0.3) is 0 Å². The van der Waals surface area contributed by atoms with E-state index in [2.05, 4.69) is 10.3 Å². The monoisotopic (exact) mass is 375 g/mol. The van der Waals surface area contributed by atoms with Gasteiger partial charge in [-0.1, -0.05) is 41.7 Å². The van der Waals surface area contributed by atoms with Crippen molar-refractivity contribution in [3.8, 4) is 10.4 Å². The van der Waals surface area contributed by atoms with E-state index in [1.165, 1.54) is 11.3 Å². The topological polar surface area (TPSA) is 102 Å². The standard InChI is InChI=1S/C14H17N3O3S2.ClH/c1-22(19,20)8-7-11(15)13(18)17-14-16-9-12(21-14)10-5-3-2-4-6-10;/h2-6,9,11H,7-8,15H2,1H3,(H,16,17,18);1H. The molecule has 1 aromatic carbocycles. The number of benzene rings is 1. The quantitative estimate of drug-likeness (QED) is 0.803. The predicted molar refractivity (Wildman–Crippen MR) is 95.7 cm³/mol. The summed E-state index contributed by atoms with van der Waals surface area (Å²) in [7, 11) is -3.13. The van der Waals surface area contributed by atoms with Gasteiger partial charge in [-0.2, -0.15) is 0 Å². The van der Waals surface area contributed by atoms with Crippen LogP contribution in [0.3, 0.4) is 0 Å². The highest BCUT2D eigenvalue weighted by Gasteiger charge is 2.17. The molecule has 2 aromatic rings. The van der Waals surface area contributed by atoms with Crippen molar-refractivity contribution in [2.45, 2.75) is 12.5 Å². The van der Waals surface area contributed by atoms with Gasteiger partial charge < -0.3 is 11.1 Å². The number of carbonyl (C=O) groups is 1. The highest BCUT2D eigenvalue weighted by Crippen LogP contribution is 2.28. The number of halogens is 1. The van der Waals surface area contributed by atoms with Gasteiger partial charge in [-0.3, -0.25) is 4.79 Å². The number of nitrogens with two attached hydrogens (primary N) is 1. The summed E-state index contributed by atoms with van der Waals surface area (Å²) in [5.41, 5.74) is 6.71. The lowest BCUT2D eigenvalue weighted by atomic mass is 10.2. The Labute approximate surface area is 145 Å². The van der Waals surface area contributed by atoms with E-state index in [1.807, 2.05) is 30.3 Å². The zero-order chi connectivity index (χ0) is 16.2. The van der Waals surface area contributed by atoms with Gasteiger partial charge in [0.1, 0.15) is 9.84 Å². The van der Waals surface area contributed by atoms with Crippen molar-refractivity contribution < 1.29 is 13.2 Å². The van der Waals surface area contributed by atoms with Crippen LogP contribution in [0.2, 0.25) is 0 Å². The summed E-state index contributed by atoms with van der Waals surface area (Å²) >= 11 is 1.34. The second-order valence-corrected chi connectivity index (χ2v) is 8.20. The maximum absolute atomic E-state index is 11.9. The molecule has 0 aliphatic carbocycles. The molecule has 0 saturated carbocycles. The SMILES string of the molecule is CS(=O)(=O)CCC(N)C(=O)Nc1ncc(-c2ccccc2)s1.Cl. The minimum Gasteiger partial charge on any atom is -0.320 e. The molecule has 23 heavy (non-hydrogen) atoms. The number of thiazole rings is 1. The molecule has 9 heteroatoms. The summed E-state index contributed by atoms with van der Waals surface area (Å²) < 4.78 is 22.2. The average molecular weight is 376 g/mol. The van der Waals surface area contributed by atoms with Gasteiger partial charge >= 0.3 is 0 Å². The molecule has 1 aromatic heterocycles. The molecule has 1 unspecified atom stereocenters.